The Morgan fingerprint density at radius 3 is 2.72 bits per heavy atom. The lowest BCUT2D eigenvalue weighted by atomic mass is 10.2. The Morgan fingerprint density at radius 2 is 2.00 bits per heavy atom. The van der Waals surface area contributed by atoms with Crippen LogP contribution in [0.15, 0.2) is 48.8 Å². The Bertz CT molecular complexity index is 569. The molecule has 0 aliphatic carbocycles. The van der Waals surface area contributed by atoms with Crippen molar-refractivity contribution in [2.75, 3.05) is 5.32 Å². The van der Waals surface area contributed by atoms with Gasteiger partial charge in [-0.05, 0) is 29.8 Å². The van der Waals surface area contributed by atoms with Gasteiger partial charge in [-0.25, -0.2) is 9.97 Å². The zero-order valence-corrected chi connectivity index (χ0v) is 10.1. The van der Waals surface area contributed by atoms with Crippen LogP contribution in [0, 0.1) is 0 Å². The third-order valence-electron chi connectivity index (χ3n) is 2.08. The van der Waals surface area contributed by atoms with Gasteiger partial charge in [0, 0.05) is 23.5 Å². The largest absolute Gasteiger partial charge is 0.291 e. The summed E-state index contributed by atoms with van der Waals surface area (Å²) in [7, 11) is 0. The highest BCUT2D eigenvalue weighted by Crippen LogP contribution is 2.11. The molecule has 90 valence electrons. The fraction of sp³-hybridized carbons (Fsp3) is 0. The molecule has 0 aliphatic heterocycles. The van der Waals surface area contributed by atoms with E-state index >= 15 is 0 Å². The first-order chi connectivity index (χ1) is 8.74. The summed E-state index contributed by atoms with van der Waals surface area (Å²) in [6.07, 6.45) is 6.19. The minimum Gasteiger partial charge on any atom is -0.291 e. The van der Waals surface area contributed by atoms with Gasteiger partial charge in [0.2, 0.25) is 5.95 Å². The molecule has 0 saturated heterocycles. The zero-order valence-electron chi connectivity index (χ0n) is 9.38. The second-order valence-electron chi connectivity index (χ2n) is 3.45. The van der Waals surface area contributed by atoms with Crippen LogP contribution in [0.25, 0.3) is 6.08 Å². The number of carbonyl (C=O) groups excluding carboxylic acids is 1. The molecule has 0 saturated carbocycles. The van der Waals surface area contributed by atoms with Crippen LogP contribution in [0.2, 0.25) is 5.02 Å². The second-order valence-corrected chi connectivity index (χ2v) is 3.89. The first-order valence-electron chi connectivity index (χ1n) is 5.26. The van der Waals surface area contributed by atoms with Crippen molar-refractivity contribution in [3.8, 4) is 0 Å². The Morgan fingerprint density at radius 1 is 1.22 bits per heavy atom. The number of rotatable bonds is 3. The van der Waals surface area contributed by atoms with Crippen LogP contribution >= 0.6 is 11.6 Å². The maximum absolute atomic E-state index is 11.6. The molecule has 1 heterocycles. The molecule has 0 bridgehead atoms. The molecule has 1 aromatic heterocycles. The summed E-state index contributed by atoms with van der Waals surface area (Å²) in [6.45, 7) is 0. The average Bonchev–Trinajstić information content (AvgIpc) is 2.38. The van der Waals surface area contributed by atoms with Gasteiger partial charge < -0.3 is 0 Å². The van der Waals surface area contributed by atoms with Gasteiger partial charge in [0.15, 0.2) is 0 Å². The van der Waals surface area contributed by atoms with E-state index in [2.05, 4.69) is 15.3 Å². The van der Waals surface area contributed by atoms with Crippen molar-refractivity contribution in [1.29, 1.82) is 0 Å². The van der Waals surface area contributed by atoms with E-state index in [-0.39, 0.29) is 11.9 Å². The van der Waals surface area contributed by atoms with Crippen LogP contribution in [0.5, 0.6) is 0 Å². The number of amides is 1. The number of hydrogen-bond acceptors (Lipinski definition) is 3. The molecule has 2 aromatic rings. The fourth-order valence-electron chi connectivity index (χ4n) is 1.30. The Kier molecular flexibility index (Phi) is 4.04. The normalized spacial score (nSPS) is 10.5. The van der Waals surface area contributed by atoms with Crippen molar-refractivity contribution in [2.24, 2.45) is 0 Å². The smallest absolute Gasteiger partial charge is 0.250 e. The number of nitrogens with zero attached hydrogens (tertiary/aromatic N) is 2. The van der Waals surface area contributed by atoms with Crippen molar-refractivity contribution in [2.45, 2.75) is 0 Å². The summed E-state index contributed by atoms with van der Waals surface area (Å²) in [5.41, 5.74) is 0.853. The number of aromatic nitrogens is 2. The first kappa shape index (κ1) is 12.3. The van der Waals surface area contributed by atoms with E-state index < -0.39 is 0 Å². The average molecular weight is 260 g/mol. The Balaban J connectivity index is 1.99. The van der Waals surface area contributed by atoms with Gasteiger partial charge in [-0.15, -0.1) is 0 Å². The maximum atomic E-state index is 11.6. The highest BCUT2D eigenvalue weighted by Gasteiger charge is 1.98. The molecule has 2 rings (SSSR count). The molecule has 4 nitrogen and oxygen atoms in total. The van der Waals surface area contributed by atoms with E-state index in [0.717, 1.165) is 5.56 Å². The summed E-state index contributed by atoms with van der Waals surface area (Å²) in [6, 6.07) is 8.90. The third-order valence-corrected chi connectivity index (χ3v) is 2.31. The van der Waals surface area contributed by atoms with E-state index in [1.165, 1.54) is 6.08 Å². The molecule has 1 amide bonds. The lowest BCUT2D eigenvalue weighted by Crippen LogP contribution is -2.10. The highest BCUT2D eigenvalue weighted by molar-refractivity contribution is 6.30. The molecule has 18 heavy (non-hydrogen) atoms. The number of halogens is 1. The lowest BCUT2D eigenvalue weighted by Gasteiger charge is -1.98. The molecule has 1 N–H and O–H groups in total. The molecule has 0 atom stereocenters. The monoisotopic (exact) mass is 259 g/mol. The molecule has 5 heteroatoms. The van der Waals surface area contributed by atoms with Gasteiger partial charge in [0.1, 0.15) is 0 Å². The predicted molar refractivity (Wildman–Crippen MR) is 71.1 cm³/mol. The summed E-state index contributed by atoms with van der Waals surface area (Å²) in [5, 5.41) is 3.17. The maximum Gasteiger partial charge on any atom is 0.250 e. The number of nitrogens with one attached hydrogen (secondary N) is 1. The van der Waals surface area contributed by atoms with Crippen LogP contribution in [0.4, 0.5) is 5.95 Å². The van der Waals surface area contributed by atoms with Gasteiger partial charge in [0.25, 0.3) is 5.91 Å². The van der Waals surface area contributed by atoms with E-state index in [1.54, 1.807) is 36.7 Å². The molecular weight excluding hydrogens is 250 g/mol. The van der Waals surface area contributed by atoms with Crippen molar-refractivity contribution < 1.29 is 4.79 Å². The van der Waals surface area contributed by atoms with E-state index in [0.29, 0.717) is 5.02 Å². The number of benzene rings is 1. The van der Waals surface area contributed by atoms with Crippen LogP contribution in [0.3, 0.4) is 0 Å². The van der Waals surface area contributed by atoms with Gasteiger partial charge >= 0.3 is 0 Å². The highest BCUT2D eigenvalue weighted by atomic mass is 35.5. The van der Waals surface area contributed by atoms with E-state index in [9.17, 15) is 4.79 Å². The van der Waals surface area contributed by atoms with E-state index in [1.807, 2.05) is 12.1 Å². The minimum atomic E-state index is -0.291. The molecule has 1 aromatic carbocycles. The second kappa shape index (κ2) is 5.93. The quantitative estimate of drug-likeness (QED) is 0.863. The molecule has 0 radical (unpaired) electrons. The SMILES string of the molecule is O=C(/C=C/c1cccc(Cl)c1)Nc1ncccn1. The van der Waals surface area contributed by atoms with Gasteiger partial charge in [-0.2, -0.15) is 0 Å². The lowest BCUT2D eigenvalue weighted by molar-refractivity contribution is -0.111. The van der Waals surface area contributed by atoms with Crippen LogP contribution in [-0.2, 0) is 4.79 Å². The molecule has 0 aliphatic rings. The molecule has 0 fully saturated rings. The molecule has 0 spiro atoms. The summed E-state index contributed by atoms with van der Waals surface area (Å²) in [4.78, 5) is 19.3. The van der Waals surface area contributed by atoms with Crippen LogP contribution in [0.1, 0.15) is 5.56 Å². The Hall–Kier alpha value is -2.20. The Labute approximate surface area is 109 Å². The van der Waals surface area contributed by atoms with Crippen molar-refractivity contribution in [3.05, 3.63) is 59.4 Å². The van der Waals surface area contributed by atoms with Crippen molar-refractivity contribution in [3.63, 3.8) is 0 Å². The number of hydrogen-bond donors (Lipinski definition) is 1. The van der Waals surface area contributed by atoms with Gasteiger partial charge in [-0.3, -0.25) is 10.1 Å². The summed E-state index contributed by atoms with van der Waals surface area (Å²) >= 11 is 5.84. The zero-order chi connectivity index (χ0) is 12.8. The summed E-state index contributed by atoms with van der Waals surface area (Å²) in [5.74, 6) is -0.0144. The van der Waals surface area contributed by atoms with Crippen LogP contribution < -0.4 is 5.32 Å². The van der Waals surface area contributed by atoms with Gasteiger partial charge in [-0.1, -0.05) is 23.7 Å². The number of anilines is 1. The van der Waals surface area contributed by atoms with Crippen molar-refractivity contribution >= 4 is 29.5 Å². The number of carbonyl (C=O) groups is 1. The minimum absolute atomic E-state index is 0.276. The topological polar surface area (TPSA) is 54.9 Å². The first-order valence-corrected chi connectivity index (χ1v) is 5.63. The molecular formula is C13H10ClN3O. The fourth-order valence-corrected chi connectivity index (χ4v) is 1.50. The third kappa shape index (κ3) is 3.68. The van der Waals surface area contributed by atoms with Crippen molar-refractivity contribution in [1.82, 2.24) is 9.97 Å². The molecule has 0 unspecified atom stereocenters. The van der Waals surface area contributed by atoms with Gasteiger partial charge in [0.05, 0.1) is 0 Å². The van der Waals surface area contributed by atoms with E-state index in [4.69, 9.17) is 11.6 Å². The predicted octanol–water partition coefficient (Wildman–Crippen LogP) is 2.78. The standard InChI is InChI=1S/C13H10ClN3O/c14-11-4-1-3-10(9-11)5-6-12(18)17-13-15-7-2-8-16-13/h1-9H,(H,15,16,17,18)/b6-5+. The van der Waals surface area contributed by atoms with Crippen LogP contribution in [-0.4, -0.2) is 15.9 Å². The summed E-state index contributed by atoms with van der Waals surface area (Å²) < 4.78 is 0.